The summed E-state index contributed by atoms with van der Waals surface area (Å²) in [5, 5.41) is 0.890. The van der Waals surface area contributed by atoms with Gasteiger partial charge in [-0.3, -0.25) is 14.6 Å². The minimum absolute atomic E-state index is 0.0546. The molecule has 0 bridgehead atoms. The first-order valence-electron chi connectivity index (χ1n) is 10.2. The van der Waals surface area contributed by atoms with Gasteiger partial charge in [0.2, 0.25) is 0 Å². The largest absolute Gasteiger partial charge is 0.493 e. The smallest absolute Gasteiger partial charge is 0.253 e. The zero-order valence-electron chi connectivity index (χ0n) is 17.6. The molecule has 1 aromatic heterocycles. The highest BCUT2D eigenvalue weighted by Crippen LogP contribution is 2.33. The number of rotatable bonds is 5. The normalized spacial score (nSPS) is 14.5. The molecule has 0 atom stereocenters. The molecule has 1 fully saturated rings. The van der Waals surface area contributed by atoms with E-state index in [0.717, 1.165) is 16.6 Å². The number of nitrogens with zero attached hydrogens (tertiary/aromatic N) is 2. The van der Waals surface area contributed by atoms with Gasteiger partial charge in [0, 0.05) is 30.0 Å². The van der Waals surface area contributed by atoms with E-state index in [-0.39, 0.29) is 11.8 Å². The predicted octanol–water partition coefficient (Wildman–Crippen LogP) is 3.37. The topological polar surface area (TPSA) is 94.8 Å². The van der Waals surface area contributed by atoms with Gasteiger partial charge in [0.05, 0.1) is 31.0 Å². The molecule has 1 aliphatic heterocycles. The number of piperidine rings is 1. The van der Waals surface area contributed by atoms with Crippen LogP contribution in [-0.2, 0) is 0 Å². The van der Waals surface area contributed by atoms with Crippen molar-refractivity contribution >= 4 is 22.7 Å². The van der Waals surface area contributed by atoms with Crippen LogP contribution in [0.25, 0.3) is 10.9 Å². The lowest BCUT2D eigenvalue weighted by molar-refractivity contribution is 0.0710. The van der Waals surface area contributed by atoms with Gasteiger partial charge in [0.1, 0.15) is 0 Å². The molecule has 3 aromatic rings. The number of hydrogen-bond acceptors (Lipinski definition) is 5. The maximum atomic E-state index is 13.0. The fourth-order valence-electron chi connectivity index (χ4n) is 4.15. The van der Waals surface area contributed by atoms with E-state index in [1.807, 2.05) is 35.2 Å². The predicted molar refractivity (Wildman–Crippen MR) is 118 cm³/mol. The molecule has 31 heavy (non-hydrogen) atoms. The molecule has 0 spiro atoms. The number of aromatic nitrogens is 1. The van der Waals surface area contributed by atoms with Gasteiger partial charge in [-0.2, -0.15) is 0 Å². The van der Waals surface area contributed by atoms with Crippen LogP contribution >= 0.6 is 0 Å². The van der Waals surface area contributed by atoms with E-state index in [4.69, 9.17) is 20.2 Å². The molecular formula is C24H25N3O4. The Morgan fingerprint density at radius 3 is 2.39 bits per heavy atom. The molecule has 7 heteroatoms. The summed E-state index contributed by atoms with van der Waals surface area (Å²) in [6.45, 7) is 1.15. The van der Waals surface area contributed by atoms with Crippen molar-refractivity contribution in [2.45, 2.75) is 18.8 Å². The van der Waals surface area contributed by atoms with Crippen LogP contribution in [0.5, 0.6) is 11.5 Å². The van der Waals surface area contributed by atoms with Crippen LogP contribution in [-0.4, -0.2) is 49.0 Å². The molecule has 4 rings (SSSR count). The number of hydrogen-bond donors (Lipinski definition) is 1. The summed E-state index contributed by atoms with van der Waals surface area (Å²) < 4.78 is 10.6. The molecule has 2 amide bonds. The summed E-state index contributed by atoms with van der Waals surface area (Å²) in [5.74, 6) is 0.647. The number of amides is 2. The van der Waals surface area contributed by atoms with Crippen LogP contribution in [0.15, 0.2) is 48.5 Å². The van der Waals surface area contributed by atoms with E-state index in [9.17, 15) is 9.59 Å². The van der Waals surface area contributed by atoms with Gasteiger partial charge in [0.25, 0.3) is 11.8 Å². The van der Waals surface area contributed by atoms with Gasteiger partial charge in [-0.25, -0.2) is 0 Å². The van der Waals surface area contributed by atoms with E-state index < -0.39 is 5.91 Å². The van der Waals surface area contributed by atoms with Crippen LogP contribution in [0.2, 0.25) is 0 Å². The van der Waals surface area contributed by atoms with Crippen molar-refractivity contribution in [2.24, 2.45) is 5.73 Å². The molecule has 0 unspecified atom stereocenters. The summed E-state index contributed by atoms with van der Waals surface area (Å²) >= 11 is 0. The van der Waals surface area contributed by atoms with Crippen molar-refractivity contribution in [1.29, 1.82) is 0 Å². The van der Waals surface area contributed by atoms with E-state index in [2.05, 4.69) is 0 Å². The molecule has 1 aliphatic rings. The number of fused-ring (bicyclic) bond motifs is 1. The van der Waals surface area contributed by atoms with E-state index in [0.29, 0.717) is 48.6 Å². The Balaban J connectivity index is 1.53. The molecule has 0 radical (unpaired) electrons. The van der Waals surface area contributed by atoms with Crippen molar-refractivity contribution in [1.82, 2.24) is 9.88 Å². The number of para-hydroxylation sites is 1. The Labute approximate surface area is 180 Å². The number of likely N-dealkylation sites (tertiary alicyclic amines) is 1. The average Bonchev–Trinajstić information content (AvgIpc) is 2.82. The lowest BCUT2D eigenvalue weighted by Gasteiger charge is -2.32. The number of carbonyl (C=O) groups excluding carboxylic acids is 2. The van der Waals surface area contributed by atoms with Crippen LogP contribution in [0.3, 0.4) is 0 Å². The summed E-state index contributed by atoms with van der Waals surface area (Å²) in [7, 11) is 3.11. The molecule has 160 valence electrons. The lowest BCUT2D eigenvalue weighted by atomic mass is 9.89. The Morgan fingerprint density at radius 2 is 1.71 bits per heavy atom. The second-order valence-electron chi connectivity index (χ2n) is 7.61. The van der Waals surface area contributed by atoms with Crippen LogP contribution in [0.4, 0.5) is 0 Å². The fraction of sp³-hybridized carbons (Fsp3) is 0.292. The van der Waals surface area contributed by atoms with Crippen molar-refractivity contribution in [3.05, 3.63) is 65.4 Å². The van der Waals surface area contributed by atoms with Crippen molar-refractivity contribution in [3.8, 4) is 11.5 Å². The monoisotopic (exact) mass is 419 g/mol. The first-order valence-corrected chi connectivity index (χ1v) is 10.2. The first kappa shape index (κ1) is 20.7. The maximum absolute atomic E-state index is 13.0. The average molecular weight is 419 g/mol. The Hall–Kier alpha value is -3.61. The third kappa shape index (κ3) is 4.03. The Morgan fingerprint density at radius 1 is 1.00 bits per heavy atom. The Kier molecular flexibility index (Phi) is 5.75. The SMILES string of the molecule is COc1ccc(C(=O)N2CCC(c3nc4ccccc4cc3C(N)=O)CC2)cc1OC. The molecule has 1 saturated heterocycles. The minimum Gasteiger partial charge on any atom is -0.493 e. The molecule has 0 saturated carbocycles. The number of nitrogens with two attached hydrogens (primary N) is 1. The highest BCUT2D eigenvalue weighted by molar-refractivity contribution is 5.98. The summed E-state index contributed by atoms with van der Waals surface area (Å²) in [6, 6.07) is 14.7. The third-order valence-electron chi connectivity index (χ3n) is 5.82. The second kappa shape index (κ2) is 8.63. The quantitative estimate of drug-likeness (QED) is 0.684. The number of benzene rings is 2. The van der Waals surface area contributed by atoms with Gasteiger partial charge in [-0.1, -0.05) is 18.2 Å². The van der Waals surface area contributed by atoms with Crippen LogP contribution < -0.4 is 15.2 Å². The summed E-state index contributed by atoms with van der Waals surface area (Å²) in [5.41, 5.74) is 8.23. The number of ether oxygens (including phenoxy) is 2. The molecule has 7 nitrogen and oxygen atoms in total. The fourth-order valence-corrected chi connectivity index (χ4v) is 4.15. The van der Waals surface area contributed by atoms with Gasteiger partial charge < -0.3 is 20.1 Å². The van der Waals surface area contributed by atoms with Crippen LogP contribution in [0, 0.1) is 0 Å². The number of pyridine rings is 1. The number of methoxy groups -OCH3 is 2. The molecule has 2 heterocycles. The van der Waals surface area contributed by atoms with Crippen LogP contribution in [0.1, 0.15) is 45.2 Å². The van der Waals surface area contributed by atoms with Gasteiger partial charge in [-0.15, -0.1) is 0 Å². The molecule has 2 N–H and O–H groups in total. The highest BCUT2D eigenvalue weighted by atomic mass is 16.5. The Bertz CT molecular complexity index is 1140. The van der Waals surface area contributed by atoms with Gasteiger partial charge >= 0.3 is 0 Å². The van der Waals surface area contributed by atoms with Crippen molar-refractivity contribution < 1.29 is 19.1 Å². The van der Waals surface area contributed by atoms with Crippen molar-refractivity contribution in [3.63, 3.8) is 0 Å². The maximum Gasteiger partial charge on any atom is 0.253 e. The van der Waals surface area contributed by atoms with E-state index in [1.54, 1.807) is 32.4 Å². The van der Waals surface area contributed by atoms with E-state index >= 15 is 0 Å². The van der Waals surface area contributed by atoms with Gasteiger partial charge in [0.15, 0.2) is 11.5 Å². The first-order chi connectivity index (χ1) is 15.0. The van der Waals surface area contributed by atoms with Crippen molar-refractivity contribution in [2.75, 3.05) is 27.3 Å². The molecule has 2 aromatic carbocycles. The standard InChI is InChI=1S/C24H25N3O4/c1-30-20-8-7-17(14-21(20)31-2)24(29)27-11-9-15(10-12-27)22-18(23(25)28)13-16-5-3-4-6-19(16)26-22/h3-8,13-15H,9-12H2,1-2H3,(H2,25,28). The number of primary amides is 1. The zero-order chi connectivity index (χ0) is 22.0. The van der Waals surface area contributed by atoms with E-state index in [1.165, 1.54) is 0 Å². The summed E-state index contributed by atoms with van der Waals surface area (Å²) in [4.78, 5) is 31.7. The number of carbonyl (C=O) groups is 2. The highest BCUT2D eigenvalue weighted by Gasteiger charge is 2.28. The minimum atomic E-state index is -0.475. The summed E-state index contributed by atoms with van der Waals surface area (Å²) in [6.07, 6.45) is 1.43. The third-order valence-corrected chi connectivity index (χ3v) is 5.82. The molecular weight excluding hydrogens is 394 g/mol. The molecule has 0 aliphatic carbocycles. The lowest BCUT2D eigenvalue weighted by Crippen LogP contribution is -2.38. The second-order valence-corrected chi connectivity index (χ2v) is 7.61. The van der Waals surface area contributed by atoms with Gasteiger partial charge in [-0.05, 0) is 43.2 Å². The zero-order valence-corrected chi connectivity index (χ0v) is 17.6.